The minimum Gasteiger partial charge on any atom is -0.471 e. The molecular formula is C23H20ClF2N3O4. The molecule has 0 bridgehead atoms. The van der Waals surface area contributed by atoms with E-state index in [2.05, 4.69) is 4.98 Å². The molecule has 1 aliphatic rings. The number of ether oxygens (including phenoxy) is 1. The average Bonchev–Trinajstić information content (AvgIpc) is 2.81. The van der Waals surface area contributed by atoms with Crippen LogP contribution in [-0.4, -0.2) is 38.6 Å². The van der Waals surface area contributed by atoms with Crippen LogP contribution in [0.2, 0.25) is 5.02 Å². The molecule has 0 fully saturated rings. The number of hydrogen-bond donors (Lipinski definition) is 1. The molecule has 33 heavy (non-hydrogen) atoms. The van der Waals surface area contributed by atoms with Gasteiger partial charge in [-0.15, -0.1) is 0 Å². The van der Waals surface area contributed by atoms with E-state index >= 15 is 0 Å². The summed E-state index contributed by atoms with van der Waals surface area (Å²) in [4.78, 5) is 30.3. The van der Waals surface area contributed by atoms with Gasteiger partial charge in [-0.3, -0.25) is 14.2 Å². The third-order valence-corrected chi connectivity index (χ3v) is 5.85. The van der Waals surface area contributed by atoms with Gasteiger partial charge in [0.15, 0.2) is 5.02 Å². The number of rotatable bonds is 6. The largest absolute Gasteiger partial charge is 0.471 e. The summed E-state index contributed by atoms with van der Waals surface area (Å²) in [5, 5.41) is 8.85. The summed E-state index contributed by atoms with van der Waals surface area (Å²) >= 11 is 6.17. The van der Waals surface area contributed by atoms with Crippen molar-refractivity contribution in [2.24, 2.45) is 0 Å². The van der Waals surface area contributed by atoms with Gasteiger partial charge in [-0.1, -0.05) is 29.8 Å². The molecular weight excluding hydrogens is 456 g/mol. The summed E-state index contributed by atoms with van der Waals surface area (Å²) in [6, 6.07) is 8.74. The van der Waals surface area contributed by atoms with E-state index in [0.29, 0.717) is 19.5 Å². The maximum absolute atomic E-state index is 13.8. The van der Waals surface area contributed by atoms with Crippen LogP contribution in [0, 0.1) is 11.6 Å². The Morgan fingerprint density at radius 2 is 2.03 bits per heavy atom. The van der Waals surface area contributed by atoms with Crippen molar-refractivity contribution in [3.63, 3.8) is 0 Å². The van der Waals surface area contributed by atoms with Gasteiger partial charge in [0.25, 0.3) is 5.56 Å². The second kappa shape index (κ2) is 9.68. The number of halogens is 3. The highest BCUT2D eigenvalue weighted by atomic mass is 35.5. The second-order valence-corrected chi connectivity index (χ2v) is 7.98. The Morgan fingerprint density at radius 3 is 2.79 bits per heavy atom. The first kappa shape index (κ1) is 22.9. The molecule has 0 saturated carbocycles. The van der Waals surface area contributed by atoms with E-state index < -0.39 is 23.8 Å². The number of fused-ring (bicyclic) bond motifs is 1. The van der Waals surface area contributed by atoms with Crippen molar-refractivity contribution in [1.29, 1.82) is 0 Å². The molecule has 0 radical (unpaired) electrons. The van der Waals surface area contributed by atoms with E-state index in [-0.39, 0.29) is 35.5 Å². The second-order valence-electron chi connectivity index (χ2n) is 7.60. The van der Waals surface area contributed by atoms with Crippen molar-refractivity contribution in [2.45, 2.75) is 26.1 Å². The van der Waals surface area contributed by atoms with Crippen LogP contribution in [0.15, 0.2) is 47.5 Å². The molecule has 1 N–H and O–H groups in total. The Bertz CT molecular complexity index is 1260. The molecule has 2 aromatic carbocycles. The van der Waals surface area contributed by atoms with Crippen molar-refractivity contribution >= 4 is 17.5 Å². The predicted molar refractivity (Wildman–Crippen MR) is 116 cm³/mol. The molecule has 2 heterocycles. The zero-order chi connectivity index (χ0) is 23.5. The van der Waals surface area contributed by atoms with E-state index in [9.17, 15) is 18.4 Å². The minimum atomic E-state index is -0.771. The molecule has 10 heteroatoms. The lowest BCUT2D eigenvalue weighted by Crippen LogP contribution is -2.38. The van der Waals surface area contributed by atoms with E-state index in [0.717, 1.165) is 28.8 Å². The third kappa shape index (κ3) is 4.89. The Kier molecular flexibility index (Phi) is 6.71. The Labute approximate surface area is 192 Å². The molecule has 172 valence electrons. The molecule has 0 aliphatic carbocycles. The van der Waals surface area contributed by atoms with Crippen LogP contribution < -0.4 is 10.3 Å². The van der Waals surface area contributed by atoms with Crippen LogP contribution in [0.25, 0.3) is 0 Å². The van der Waals surface area contributed by atoms with Crippen molar-refractivity contribution in [2.75, 3.05) is 13.2 Å². The van der Waals surface area contributed by atoms with Gasteiger partial charge >= 0.3 is 0 Å². The smallest absolute Gasteiger partial charge is 0.276 e. The van der Waals surface area contributed by atoms with E-state index in [4.69, 9.17) is 21.4 Å². The summed E-state index contributed by atoms with van der Waals surface area (Å²) in [5.41, 5.74) is 2.46. The van der Waals surface area contributed by atoms with Crippen LogP contribution in [0.5, 0.6) is 5.88 Å². The van der Waals surface area contributed by atoms with E-state index in [1.165, 1.54) is 17.0 Å². The first-order chi connectivity index (χ1) is 15.9. The van der Waals surface area contributed by atoms with Gasteiger partial charge in [-0.2, -0.15) is 0 Å². The summed E-state index contributed by atoms with van der Waals surface area (Å²) in [6.07, 6.45) is 1.89. The van der Waals surface area contributed by atoms with Gasteiger partial charge < -0.3 is 14.7 Å². The number of hydrogen-bond acceptors (Lipinski definition) is 5. The van der Waals surface area contributed by atoms with Crippen LogP contribution in [0.1, 0.15) is 22.3 Å². The van der Waals surface area contributed by atoms with Gasteiger partial charge in [-0.05, 0) is 35.2 Å². The molecule has 1 aromatic heterocycles. The van der Waals surface area contributed by atoms with Gasteiger partial charge in [-0.25, -0.2) is 13.8 Å². The minimum absolute atomic E-state index is 0.100. The summed E-state index contributed by atoms with van der Waals surface area (Å²) in [5.74, 6) is -1.94. The number of carbonyl (C=O) groups is 1. The molecule has 4 rings (SSSR count). The van der Waals surface area contributed by atoms with E-state index in [1.807, 2.05) is 18.2 Å². The number of amides is 1. The van der Waals surface area contributed by atoms with Gasteiger partial charge in [0.2, 0.25) is 11.8 Å². The van der Waals surface area contributed by atoms with Crippen LogP contribution in [0.3, 0.4) is 0 Å². The third-order valence-electron chi connectivity index (χ3n) is 5.52. The fourth-order valence-electron chi connectivity index (χ4n) is 3.78. The number of aliphatic hydroxyl groups is 1. The number of benzene rings is 2. The molecule has 3 aromatic rings. The van der Waals surface area contributed by atoms with Crippen molar-refractivity contribution < 1.29 is 23.4 Å². The molecule has 0 spiro atoms. The Morgan fingerprint density at radius 1 is 1.21 bits per heavy atom. The molecule has 1 amide bonds. The van der Waals surface area contributed by atoms with Crippen molar-refractivity contribution in [3.8, 4) is 5.88 Å². The monoisotopic (exact) mass is 475 g/mol. The predicted octanol–water partition coefficient (Wildman–Crippen LogP) is 2.68. The zero-order valence-electron chi connectivity index (χ0n) is 17.4. The van der Waals surface area contributed by atoms with Gasteiger partial charge in [0, 0.05) is 24.7 Å². The van der Waals surface area contributed by atoms with Crippen molar-refractivity contribution in [3.05, 3.63) is 92.0 Å². The average molecular weight is 476 g/mol. The number of aromatic nitrogens is 2. The quantitative estimate of drug-likeness (QED) is 0.592. The zero-order valence-corrected chi connectivity index (χ0v) is 18.2. The molecule has 0 saturated heterocycles. The lowest BCUT2D eigenvalue weighted by atomic mass is 9.94. The fourth-order valence-corrected chi connectivity index (χ4v) is 3.99. The molecule has 7 nitrogen and oxygen atoms in total. The molecule has 0 atom stereocenters. The number of carbonyl (C=O) groups excluding carboxylic acids is 1. The first-order valence-electron chi connectivity index (χ1n) is 10.2. The maximum Gasteiger partial charge on any atom is 0.276 e. The summed E-state index contributed by atoms with van der Waals surface area (Å²) < 4.78 is 33.6. The molecule has 1 aliphatic heterocycles. The Hall–Kier alpha value is -3.30. The lowest BCUT2D eigenvalue weighted by molar-refractivity contribution is -0.135. The maximum atomic E-state index is 13.8. The summed E-state index contributed by atoms with van der Waals surface area (Å²) in [6.45, 7) is 0.289. The lowest BCUT2D eigenvalue weighted by Gasteiger charge is -2.30. The van der Waals surface area contributed by atoms with Crippen molar-refractivity contribution in [1.82, 2.24) is 14.5 Å². The SMILES string of the molecule is O=C(CO)N1CCc2c(cccc2Cn2cnc(OCc3ccc(F)cc3F)c(Cl)c2=O)C1. The highest BCUT2D eigenvalue weighted by Gasteiger charge is 2.22. The summed E-state index contributed by atoms with van der Waals surface area (Å²) in [7, 11) is 0. The number of aliphatic hydroxyl groups excluding tert-OH is 1. The van der Waals surface area contributed by atoms with Gasteiger partial charge in [0.1, 0.15) is 31.2 Å². The Balaban J connectivity index is 1.52. The van der Waals surface area contributed by atoms with Crippen LogP contribution >= 0.6 is 11.6 Å². The highest BCUT2D eigenvalue weighted by molar-refractivity contribution is 6.31. The topological polar surface area (TPSA) is 84.7 Å². The van der Waals surface area contributed by atoms with E-state index in [1.54, 1.807) is 4.90 Å². The standard InChI is InChI=1S/C23H20ClF2N3O4/c24-21-22(33-12-16-4-5-17(25)8-19(16)26)27-13-29(23(21)32)10-15-3-1-2-14-9-28(20(31)11-30)7-6-18(14)15/h1-5,8,13,30H,6-7,9-12H2. The highest BCUT2D eigenvalue weighted by Crippen LogP contribution is 2.24. The van der Waals surface area contributed by atoms with Crippen LogP contribution in [-0.2, 0) is 30.9 Å². The number of nitrogens with zero attached hydrogens (tertiary/aromatic N) is 3. The first-order valence-corrected chi connectivity index (χ1v) is 10.5. The van der Waals surface area contributed by atoms with Gasteiger partial charge in [0.05, 0.1) is 6.54 Å². The van der Waals surface area contributed by atoms with Crippen LogP contribution in [0.4, 0.5) is 8.78 Å². The molecule has 0 unspecified atom stereocenters. The normalized spacial score (nSPS) is 13.0. The fraction of sp³-hybridized carbons (Fsp3) is 0.261.